The number of ether oxygens (including phenoxy) is 1. The van der Waals surface area contributed by atoms with E-state index in [1.165, 1.54) is 6.07 Å². The molecule has 128 valence electrons. The van der Waals surface area contributed by atoms with Gasteiger partial charge >= 0.3 is 0 Å². The van der Waals surface area contributed by atoms with Crippen LogP contribution in [-0.2, 0) is 11.3 Å². The first-order valence-electron chi connectivity index (χ1n) is 8.03. The van der Waals surface area contributed by atoms with Crippen molar-refractivity contribution in [2.75, 3.05) is 25.5 Å². The molecule has 0 aliphatic heterocycles. The highest BCUT2D eigenvalue weighted by molar-refractivity contribution is 5.90. The number of halogens is 1. The van der Waals surface area contributed by atoms with E-state index in [1.54, 1.807) is 18.2 Å². The lowest BCUT2D eigenvalue weighted by Crippen LogP contribution is -2.24. The first kappa shape index (κ1) is 17.9. The summed E-state index contributed by atoms with van der Waals surface area (Å²) >= 11 is 0. The van der Waals surface area contributed by atoms with Crippen LogP contribution in [0.15, 0.2) is 48.5 Å². The highest BCUT2D eigenvalue weighted by Crippen LogP contribution is 2.14. The number of hydrogen-bond donors (Lipinski definition) is 1. The molecule has 0 bridgehead atoms. The van der Waals surface area contributed by atoms with Crippen LogP contribution in [0.4, 0.5) is 10.1 Å². The van der Waals surface area contributed by atoms with Gasteiger partial charge in [-0.25, -0.2) is 4.39 Å². The Kier molecular flexibility index (Phi) is 6.75. The van der Waals surface area contributed by atoms with Gasteiger partial charge in [0.05, 0.1) is 12.3 Å². The highest BCUT2D eigenvalue weighted by Gasteiger charge is 2.08. The molecule has 0 aliphatic rings. The van der Waals surface area contributed by atoms with Gasteiger partial charge < -0.3 is 15.0 Å². The van der Waals surface area contributed by atoms with E-state index >= 15 is 0 Å². The molecule has 1 amide bonds. The van der Waals surface area contributed by atoms with Gasteiger partial charge in [0, 0.05) is 19.5 Å². The summed E-state index contributed by atoms with van der Waals surface area (Å²) in [6.07, 6.45) is 0.307. The van der Waals surface area contributed by atoms with E-state index in [1.807, 2.05) is 38.2 Å². The highest BCUT2D eigenvalue weighted by atomic mass is 19.1. The normalized spacial score (nSPS) is 10.7. The zero-order valence-electron chi connectivity index (χ0n) is 14.1. The van der Waals surface area contributed by atoms with Gasteiger partial charge in [-0.2, -0.15) is 0 Å². The molecule has 0 atom stereocenters. The summed E-state index contributed by atoms with van der Waals surface area (Å²) in [6, 6.07) is 14.1. The van der Waals surface area contributed by atoms with Gasteiger partial charge in [0.1, 0.15) is 11.6 Å². The summed E-state index contributed by atoms with van der Waals surface area (Å²) < 4.78 is 18.9. The molecule has 5 heteroatoms. The van der Waals surface area contributed by atoms with Crippen molar-refractivity contribution in [2.24, 2.45) is 0 Å². The average molecular weight is 330 g/mol. The molecule has 0 heterocycles. The largest absolute Gasteiger partial charge is 0.494 e. The molecular formula is C19H23FN2O2. The summed E-state index contributed by atoms with van der Waals surface area (Å²) in [5, 5.41) is 2.59. The molecular weight excluding hydrogens is 307 g/mol. The van der Waals surface area contributed by atoms with Crippen LogP contribution in [0, 0.1) is 5.82 Å². The fourth-order valence-electron chi connectivity index (χ4n) is 2.32. The van der Waals surface area contributed by atoms with Crippen molar-refractivity contribution in [1.29, 1.82) is 0 Å². The number of rotatable bonds is 8. The number of carbonyl (C=O) groups excluding carboxylic acids is 1. The lowest BCUT2D eigenvalue weighted by molar-refractivity contribution is -0.116. The Morgan fingerprint density at radius 3 is 2.54 bits per heavy atom. The fourth-order valence-corrected chi connectivity index (χ4v) is 2.32. The molecule has 0 fully saturated rings. The number of para-hydroxylation sites is 1. The van der Waals surface area contributed by atoms with Crippen molar-refractivity contribution in [3.63, 3.8) is 0 Å². The molecule has 0 unspecified atom stereocenters. The number of hydrogen-bond acceptors (Lipinski definition) is 3. The average Bonchev–Trinajstić information content (AvgIpc) is 2.57. The summed E-state index contributed by atoms with van der Waals surface area (Å²) in [6.45, 7) is 3.93. The van der Waals surface area contributed by atoms with Gasteiger partial charge in [0.15, 0.2) is 0 Å². The van der Waals surface area contributed by atoms with Crippen molar-refractivity contribution >= 4 is 11.6 Å². The molecule has 4 nitrogen and oxygen atoms in total. The van der Waals surface area contributed by atoms with Crippen molar-refractivity contribution < 1.29 is 13.9 Å². The van der Waals surface area contributed by atoms with E-state index in [0.717, 1.165) is 17.9 Å². The second-order valence-electron chi connectivity index (χ2n) is 5.59. The van der Waals surface area contributed by atoms with Crippen molar-refractivity contribution in [3.8, 4) is 5.75 Å². The van der Waals surface area contributed by atoms with Crippen molar-refractivity contribution in [2.45, 2.75) is 19.9 Å². The second kappa shape index (κ2) is 9.03. The molecule has 0 saturated heterocycles. The smallest absolute Gasteiger partial charge is 0.225 e. The van der Waals surface area contributed by atoms with Crippen molar-refractivity contribution in [3.05, 3.63) is 59.9 Å². The fraction of sp³-hybridized carbons (Fsp3) is 0.316. The van der Waals surface area contributed by atoms with Gasteiger partial charge in [-0.1, -0.05) is 24.3 Å². The summed E-state index contributed by atoms with van der Waals surface area (Å²) in [5.41, 5.74) is 1.37. The van der Waals surface area contributed by atoms with Crippen molar-refractivity contribution in [1.82, 2.24) is 4.90 Å². The standard InChI is InChI=1S/C19H23FN2O2/c1-3-24-16-10-8-15(9-11-16)14-22(2)13-12-19(23)21-18-7-5-4-6-17(18)20/h4-11H,3,12-14H2,1-2H3,(H,21,23). The molecule has 1 N–H and O–H groups in total. The van der Waals surface area contributed by atoms with Crippen LogP contribution < -0.4 is 10.1 Å². The van der Waals surface area contributed by atoms with Crippen LogP contribution in [0.2, 0.25) is 0 Å². The molecule has 0 aliphatic carbocycles. The first-order chi connectivity index (χ1) is 11.6. The minimum Gasteiger partial charge on any atom is -0.494 e. The van der Waals surface area contributed by atoms with E-state index < -0.39 is 5.82 Å². The Bertz CT molecular complexity index is 659. The van der Waals surface area contributed by atoms with Crippen LogP contribution in [0.1, 0.15) is 18.9 Å². The van der Waals surface area contributed by atoms with Gasteiger partial charge in [-0.15, -0.1) is 0 Å². The van der Waals surface area contributed by atoms with E-state index in [2.05, 4.69) is 10.2 Å². The van der Waals surface area contributed by atoms with E-state index in [4.69, 9.17) is 4.74 Å². The lowest BCUT2D eigenvalue weighted by atomic mass is 10.2. The summed E-state index contributed by atoms with van der Waals surface area (Å²) in [4.78, 5) is 14.0. The van der Waals surface area contributed by atoms with Gasteiger partial charge in [-0.05, 0) is 43.8 Å². The topological polar surface area (TPSA) is 41.6 Å². The Morgan fingerprint density at radius 1 is 1.17 bits per heavy atom. The lowest BCUT2D eigenvalue weighted by Gasteiger charge is -2.17. The number of nitrogens with one attached hydrogen (secondary N) is 1. The molecule has 0 spiro atoms. The minimum atomic E-state index is -0.423. The number of carbonyl (C=O) groups is 1. The summed E-state index contributed by atoms with van der Waals surface area (Å²) in [5.74, 6) is 0.236. The minimum absolute atomic E-state index is 0.196. The molecule has 2 rings (SSSR count). The Morgan fingerprint density at radius 2 is 1.88 bits per heavy atom. The van der Waals surface area contributed by atoms with Gasteiger partial charge in [-0.3, -0.25) is 4.79 Å². The number of amides is 1. The second-order valence-corrected chi connectivity index (χ2v) is 5.59. The van der Waals surface area contributed by atoms with E-state index in [9.17, 15) is 9.18 Å². The maximum atomic E-state index is 13.5. The predicted molar refractivity (Wildman–Crippen MR) is 93.6 cm³/mol. The molecule has 0 aromatic heterocycles. The number of benzene rings is 2. The molecule has 0 saturated carbocycles. The van der Waals surface area contributed by atoms with Crippen LogP contribution in [0.25, 0.3) is 0 Å². The monoisotopic (exact) mass is 330 g/mol. The Labute approximate surface area is 142 Å². The maximum Gasteiger partial charge on any atom is 0.225 e. The molecule has 2 aromatic carbocycles. The molecule has 0 radical (unpaired) electrons. The Hall–Kier alpha value is -2.40. The van der Waals surface area contributed by atoms with E-state index in [-0.39, 0.29) is 11.6 Å². The third-order valence-corrected chi connectivity index (χ3v) is 3.56. The first-order valence-corrected chi connectivity index (χ1v) is 8.03. The van der Waals surface area contributed by atoms with Gasteiger partial charge in [0.2, 0.25) is 5.91 Å². The summed E-state index contributed by atoms with van der Waals surface area (Å²) in [7, 11) is 1.95. The Balaban J connectivity index is 1.77. The third kappa shape index (κ3) is 5.66. The SMILES string of the molecule is CCOc1ccc(CN(C)CCC(=O)Nc2ccccc2F)cc1. The quantitative estimate of drug-likeness (QED) is 0.803. The number of nitrogens with zero attached hydrogens (tertiary/aromatic N) is 1. The predicted octanol–water partition coefficient (Wildman–Crippen LogP) is 3.69. The van der Waals surface area contributed by atoms with Crippen LogP contribution in [0.5, 0.6) is 5.75 Å². The zero-order valence-corrected chi connectivity index (χ0v) is 14.1. The van der Waals surface area contributed by atoms with Gasteiger partial charge in [0.25, 0.3) is 0 Å². The third-order valence-electron chi connectivity index (χ3n) is 3.56. The van der Waals surface area contributed by atoms with Crippen LogP contribution in [0.3, 0.4) is 0 Å². The molecule has 24 heavy (non-hydrogen) atoms. The molecule has 2 aromatic rings. The van der Waals surface area contributed by atoms with E-state index in [0.29, 0.717) is 19.6 Å². The zero-order chi connectivity index (χ0) is 17.4. The number of anilines is 1. The van der Waals surface area contributed by atoms with Crippen LogP contribution in [-0.4, -0.2) is 31.0 Å². The van der Waals surface area contributed by atoms with Crippen LogP contribution >= 0.6 is 0 Å². The maximum absolute atomic E-state index is 13.5.